The summed E-state index contributed by atoms with van der Waals surface area (Å²) in [6, 6.07) is 15.8. The zero-order chi connectivity index (χ0) is 14.4. The molecule has 0 aliphatic carbocycles. The molecule has 1 atom stereocenters. The van der Waals surface area contributed by atoms with Crippen LogP contribution in [0.15, 0.2) is 42.5 Å². The minimum absolute atomic E-state index is 0.598. The van der Waals surface area contributed by atoms with E-state index >= 15 is 0 Å². The van der Waals surface area contributed by atoms with Gasteiger partial charge in [0.2, 0.25) is 0 Å². The molecule has 108 valence electrons. The number of nitrogens with zero attached hydrogens (tertiary/aromatic N) is 1. The molecular formula is C18H26N2. The van der Waals surface area contributed by atoms with E-state index in [2.05, 4.69) is 66.5 Å². The second-order valence-electron chi connectivity index (χ2n) is 5.41. The van der Waals surface area contributed by atoms with Crippen LogP contribution in [-0.4, -0.2) is 26.2 Å². The molecule has 2 rings (SSSR count). The van der Waals surface area contributed by atoms with Gasteiger partial charge >= 0.3 is 0 Å². The summed E-state index contributed by atoms with van der Waals surface area (Å²) >= 11 is 0. The number of fused-ring (bicyclic) bond motifs is 1. The molecule has 0 radical (unpaired) electrons. The Morgan fingerprint density at radius 2 is 1.85 bits per heavy atom. The lowest BCUT2D eigenvalue weighted by Gasteiger charge is -2.25. The summed E-state index contributed by atoms with van der Waals surface area (Å²) in [5.74, 6) is 0. The quantitative estimate of drug-likeness (QED) is 0.816. The van der Waals surface area contributed by atoms with Gasteiger partial charge in [0.1, 0.15) is 0 Å². The van der Waals surface area contributed by atoms with Crippen molar-refractivity contribution in [1.29, 1.82) is 0 Å². The highest BCUT2D eigenvalue weighted by molar-refractivity contribution is 5.94. The molecule has 0 aromatic heterocycles. The summed E-state index contributed by atoms with van der Waals surface area (Å²) in [6.07, 6.45) is 2.44. The van der Waals surface area contributed by atoms with Gasteiger partial charge in [0.15, 0.2) is 0 Å². The molecule has 0 bridgehead atoms. The fourth-order valence-corrected chi connectivity index (χ4v) is 2.67. The molecule has 0 aliphatic heterocycles. The fourth-order valence-electron chi connectivity index (χ4n) is 2.67. The number of rotatable bonds is 7. The third-order valence-electron chi connectivity index (χ3n) is 4.05. The van der Waals surface area contributed by atoms with Crippen molar-refractivity contribution in [3.8, 4) is 0 Å². The van der Waals surface area contributed by atoms with Crippen molar-refractivity contribution >= 4 is 16.5 Å². The van der Waals surface area contributed by atoms with Crippen LogP contribution in [0, 0.1) is 0 Å². The molecule has 0 saturated carbocycles. The first-order valence-electron chi connectivity index (χ1n) is 7.66. The first-order chi connectivity index (χ1) is 9.76. The molecule has 2 heteroatoms. The molecule has 2 nitrogen and oxygen atoms in total. The van der Waals surface area contributed by atoms with Gasteiger partial charge in [-0.15, -0.1) is 0 Å². The highest BCUT2D eigenvalue weighted by atomic mass is 15.1. The predicted molar refractivity (Wildman–Crippen MR) is 89.6 cm³/mol. The summed E-state index contributed by atoms with van der Waals surface area (Å²) in [4.78, 5) is 2.49. The van der Waals surface area contributed by atoms with Gasteiger partial charge in [-0.25, -0.2) is 0 Å². The van der Waals surface area contributed by atoms with E-state index in [1.165, 1.54) is 29.3 Å². The van der Waals surface area contributed by atoms with E-state index in [9.17, 15) is 0 Å². The molecule has 0 fully saturated rings. The molecule has 1 N–H and O–H groups in total. The van der Waals surface area contributed by atoms with Crippen LogP contribution in [0.4, 0.5) is 5.69 Å². The SMILES string of the molecule is CCN(CCCC(C)NC)c1cccc2ccccc12. The van der Waals surface area contributed by atoms with E-state index < -0.39 is 0 Å². The van der Waals surface area contributed by atoms with Crippen LogP contribution in [0.25, 0.3) is 10.8 Å². The van der Waals surface area contributed by atoms with Crippen LogP contribution in [0.5, 0.6) is 0 Å². The first kappa shape index (κ1) is 14.9. The molecule has 0 heterocycles. The van der Waals surface area contributed by atoms with Crippen molar-refractivity contribution in [2.24, 2.45) is 0 Å². The van der Waals surface area contributed by atoms with E-state index in [0.29, 0.717) is 6.04 Å². The third-order valence-corrected chi connectivity index (χ3v) is 4.05. The third kappa shape index (κ3) is 3.51. The van der Waals surface area contributed by atoms with Gasteiger partial charge in [-0.1, -0.05) is 36.4 Å². The second-order valence-corrected chi connectivity index (χ2v) is 5.41. The average Bonchev–Trinajstić information content (AvgIpc) is 2.51. The van der Waals surface area contributed by atoms with Gasteiger partial charge in [-0.2, -0.15) is 0 Å². The summed E-state index contributed by atoms with van der Waals surface area (Å²) in [5, 5.41) is 5.99. The molecule has 0 amide bonds. The van der Waals surface area contributed by atoms with Crippen molar-refractivity contribution < 1.29 is 0 Å². The Bertz CT molecular complexity index is 530. The number of nitrogens with one attached hydrogen (secondary N) is 1. The molecule has 0 aliphatic rings. The van der Waals surface area contributed by atoms with Crippen LogP contribution >= 0.6 is 0 Å². The summed E-state index contributed by atoms with van der Waals surface area (Å²) in [5.41, 5.74) is 1.36. The van der Waals surface area contributed by atoms with E-state index in [0.717, 1.165) is 13.1 Å². The standard InChI is InChI=1S/C18H26N2/c1-4-20(14-8-9-15(2)19-3)18-13-7-11-16-10-5-6-12-17(16)18/h5-7,10-13,15,19H,4,8-9,14H2,1-3H3. The minimum atomic E-state index is 0.598. The Morgan fingerprint density at radius 1 is 1.10 bits per heavy atom. The summed E-state index contributed by atoms with van der Waals surface area (Å²) < 4.78 is 0. The normalized spacial score (nSPS) is 12.6. The minimum Gasteiger partial charge on any atom is -0.371 e. The number of hydrogen-bond donors (Lipinski definition) is 1. The average molecular weight is 270 g/mol. The fraction of sp³-hybridized carbons (Fsp3) is 0.444. The maximum atomic E-state index is 3.31. The Balaban J connectivity index is 2.13. The van der Waals surface area contributed by atoms with Crippen molar-refractivity contribution in [3.63, 3.8) is 0 Å². The van der Waals surface area contributed by atoms with Crippen molar-refractivity contribution in [1.82, 2.24) is 5.32 Å². The van der Waals surface area contributed by atoms with Crippen LogP contribution in [0.2, 0.25) is 0 Å². The highest BCUT2D eigenvalue weighted by Gasteiger charge is 2.08. The number of benzene rings is 2. The maximum absolute atomic E-state index is 3.31. The van der Waals surface area contributed by atoms with Gasteiger partial charge < -0.3 is 10.2 Å². The Hall–Kier alpha value is -1.54. The van der Waals surface area contributed by atoms with Crippen molar-refractivity contribution in [2.75, 3.05) is 25.0 Å². The Labute approximate surface area is 122 Å². The smallest absolute Gasteiger partial charge is 0.0445 e. The second kappa shape index (κ2) is 7.30. The van der Waals surface area contributed by atoms with E-state index in [-0.39, 0.29) is 0 Å². The lowest BCUT2D eigenvalue weighted by molar-refractivity contribution is 0.539. The van der Waals surface area contributed by atoms with Gasteiger partial charge in [-0.3, -0.25) is 0 Å². The first-order valence-corrected chi connectivity index (χ1v) is 7.66. The predicted octanol–water partition coefficient (Wildman–Crippen LogP) is 4.05. The number of anilines is 1. The maximum Gasteiger partial charge on any atom is 0.0445 e. The summed E-state index contributed by atoms with van der Waals surface area (Å²) in [6.45, 7) is 6.66. The zero-order valence-corrected chi connectivity index (χ0v) is 12.9. The van der Waals surface area contributed by atoms with Gasteiger partial charge in [0, 0.05) is 30.2 Å². The molecule has 0 saturated heterocycles. The molecule has 2 aromatic carbocycles. The topological polar surface area (TPSA) is 15.3 Å². The van der Waals surface area contributed by atoms with Crippen molar-refractivity contribution in [2.45, 2.75) is 32.7 Å². The zero-order valence-electron chi connectivity index (χ0n) is 12.9. The molecule has 0 spiro atoms. The van der Waals surface area contributed by atoms with Crippen LogP contribution in [0.3, 0.4) is 0 Å². The largest absolute Gasteiger partial charge is 0.371 e. The lowest BCUT2D eigenvalue weighted by Crippen LogP contribution is -2.27. The lowest BCUT2D eigenvalue weighted by atomic mass is 10.1. The number of hydrogen-bond acceptors (Lipinski definition) is 2. The van der Waals surface area contributed by atoms with Crippen LogP contribution in [0.1, 0.15) is 26.7 Å². The Kier molecular flexibility index (Phi) is 5.42. The van der Waals surface area contributed by atoms with Gasteiger partial charge in [-0.05, 0) is 45.2 Å². The molecule has 20 heavy (non-hydrogen) atoms. The van der Waals surface area contributed by atoms with Crippen LogP contribution in [-0.2, 0) is 0 Å². The molecular weight excluding hydrogens is 244 g/mol. The van der Waals surface area contributed by atoms with E-state index in [1.807, 2.05) is 7.05 Å². The molecule has 1 unspecified atom stereocenters. The van der Waals surface area contributed by atoms with Gasteiger partial charge in [0.05, 0.1) is 0 Å². The molecule has 2 aromatic rings. The Morgan fingerprint density at radius 3 is 2.60 bits per heavy atom. The van der Waals surface area contributed by atoms with E-state index in [4.69, 9.17) is 0 Å². The van der Waals surface area contributed by atoms with E-state index in [1.54, 1.807) is 0 Å². The van der Waals surface area contributed by atoms with Gasteiger partial charge in [0.25, 0.3) is 0 Å². The summed E-state index contributed by atoms with van der Waals surface area (Å²) in [7, 11) is 2.03. The monoisotopic (exact) mass is 270 g/mol. The highest BCUT2D eigenvalue weighted by Crippen LogP contribution is 2.26. The van der Waals surface area contributed by atoms with Crippen molar-refractivity contribution in [3.05, 3.63) is 42.5 Å². The van der Waals surface area contributed by atoms with Crippen LogP contribution < -0.4 is 10.2 Å².